The monoisotopic (exact) mass is 276 g/mol. The first-order valence-corrected chi connectivity index (χ1v) is 6.94. The number of carbonyl (C=O) groups is 2. The molecule has 2 aliphatic rings. The van der Waals surface area contributed by atoms with Gasteiger partial charge in [-0.05, 0) is 30.5 Å². The first-order chi connectivity index (χ1) is 9.61. The topological polar surface area (TPSA) is 49.4 Å². The van der Waals surface area contributed by atoms with E-state index in [-0.39, 0.29) is 29.6 Å². The van der Waals surface area contributed by atoms with Crippen molar-refractivity contribution in [2.24, 2.45) is 5.92 Å². The van der Waals surface area contributed by atoms with E-state index in [4.69, 9.17) is 0 Å². The molecule has 0 radical (unpaired) electrons. The molecule has 1 aromatic carbocycles. The second kappa shape index (κ2) is 5.23. The zero-order chi connectivity index (χ0) is 14.1. The van der Waals surface area contributed by atoms with E-state index in [0.717, 1.165) is 18.4 Å². The Balaban J connectivity index is 1.57. The molecule has 5 heteroatoms. The predicted molar refractivity (Wildman–Crippen MR) is 71.1 cm³/mol. The van der Waals surface area contributed by atoms with Gasteiger partial charge in [0.2, 0.25) is 11.8 Å². The van der Waals surface area contributed by atoms with Crippen LogP contribution in [0, 0.1) is 11.7 Å². The van der Waals surface area contributed by atoms with Gasteiger partial charge in [0.15, 0.2) is 0 Å². The molecule has 0 aromatic heterocycles. The number of nitrogens with zero attached hydrogens (tertiary/aromatic N) is 1. The maximum Gasteiger partial charge on any atom is 0.225 e. The average Bonchev–Trinajstić information content (AvgIpc) is 3.17. The molecular formula is C15H17FN2O2. The fraction of sp³-hybridized carbons (Fsp3) is 0.467. The van der Waals surface area contributed by atoms with Gasteiger partial charge in [-0.2, -0.15) is 0 Å². The second-order valence-corrected chi connectivity index (χ2v) is 5.59. The summed E-state index contributed by atoms with van der Waals surface area (Å²) in [6, 6.07) is 6.14. The van der Waals surface area contributed by atoms with Crippen LogP contribution in [0.2, 0.25) is 0 Å². The molecule has 4 nitrogen and oxygen atoms in total. The molecule has 1 saturated heterocycles. The SMILES string of the molecule is O=C(N[C@@H]1CC(=O)N(Cc2cccc(F)c2)C1)C1CC1. The van der Waals surface area contributed by atoms with Crippen LogP contribution in [0.3, 0.4) is 0 Å². The number of nitrogens with one attached hydrogen (secondary N) is 1. The third kappa shape index (κ3) is 2.98. The summed E-state index contributed by atoms with van der Waals surface area (Å²) in [6.45, 7) is 0.903. The molecule has 1 heterocycles. The number of halogens is 1. The quantitative estimate of drug-likeness (QED) is 0.905. The van der Waals surface area contributed by atoms with Gasteiger partial charge < -0.3 is 10.2 Å². The van der Waals surface area contributed by atoms with Gasteiger partial charge in [0.1, 0.15) is 5.82 Å². The van der Waals surface area contributed by atoms with Crippen LogP contribution in [-0.2, 0) is 16.1 Å². The molecule has 1 aliphatic heterocycles. The van der Waals surface area contributed by atoms with Crippen molar-refractivity contribution in [1.82, 2.24) is 10.2 Å². The van der Waals surface area contributed by atoms with Crippen LogP contribution in [-0.4, -0.2) is 29.3 Å². The van der Waals surface area contributed by atoms with Crippen molar-refractivity contribution in [3.63, 3.8) is 0 Å². The molecule has 1 saturated carbocycles. The van der Waals surface area contributed by atoms with Crippen LogP contribution in [0.5, 0.6) is 0 Å². The maximum absolute atomic E-state index is 13.1. The van der Waals surface area contributed by atoms with E-state index in [1.54, 1.807) is 17.0 Å². The highest BCUT2D eigenvalue weighted by Crippen LogP contribution is 2.29. The smallest absolute Gasteiger partial charge is 0.225 e. The average molecular weight is 276 g/mol. The van der Waals surface area contributed by atoms with Crippen LogP contribution in [0.1, 0.15) is 24.8 Å². The summed E-state index contributed by atoms with van der Waals surface area (Å²) < 4.78 is 13.1. The number of likely N-dealkylation sites (tertiary alicyclic amines) is 1. The molecule has 1 N–H and O–H groups in total. The molecule has 106 valence electrons. The summed E-state index contributed by atoms with van der Waals surface area (Å²) >= 11 is 0. The summed E-state index contributed by atoms with van der Waals surface area (Å²) in [7, 11) is 0. The van der Waals surface area contributed by atoms with Gasteiger partial charge in [-0.15, -0.1) is 0 Å². The van der Waals surface area contributed by atoms with Crippen LogP contribution in [0.15, 0.2) is 24.3 Å². The fourth-order valence-electron chi connectivity index (χ4n) is 2.54. The largest absolute Gasteiger partial charge is 0.351 e. The fourth-order valence-corrected chi connectivity index (χ4v) is 2.54. The van der Waals surface area contributed by atoms with Crippen molar-refractivity contribution in [3.8, 4) is 0 Å². The molecule has 1 aliphatic carbocycles. The molecular weight excluding hydrogens is 259 g/mol. The van der Waals surface area contributed by atoms with Crippen LogP contribution >= 0.6 is 0 Å². The number of hydrogen-bond donors (Lipinski definition) is 1. The summed E-state index contributed by atoms with van der Waals surface area (Å²) in [5.41, 5.74) is 0.771. The van der Waals surface area contributed by atoms with E-state index in [9.17, 15) is 14.0 Å². The van der Waals surface area contributed by atoms with Crippen LogP contribution in [0.25, 0.3) is 0 Å². The third-order valence-corrected chi connectivity index (χ3v) is 3.77. The predicted octanol–water partition coefficient (Wildman–Crippen LogP) is 1.45. The molecule has 2 fully saturated rings. The second-order valence-electron chi connectivity index (χ2n) is 5.59. The van der Waals surface area contributed by atoms with Crippen molar-refractivity contribution in [2.75, 3.05) is 6.54 Å². The highest BCUT2D eigenvalue weighted by Gasteiger charge is 2.35. The first-order valence-electron chi connectivity index (χ1n) is 6.94. The molecule has 2 amide bonds. The standard InChI is InChI=1S/C15H17FN2O2/c16-12-3-1-2-10(6-12)8-18-9-13(7-14(18)19)17-15(20)11-4-5-11/h1-3,6,11,13H,4-5,7-9H2,(H,17,20)/t13-/m1/s1. The number of benzene rings is 1. The molecule has 0 unspecified atom stereocenters. The molecule has 1 aromatic rings. The number of rotatable bonds is 4. The molecule has 0 bridgehead atoms. The summed E-state index contributed by atoms with van der Waals surface area (Å²) in [6.07, 6.45) is 2.26. The summed E-state index contributed by atoms with van der Waals surface area (Å²) in [5.74, 6) is -0.0686. The van der Waals surface area contributed by atoms with Crippen molar-refractivity contribution in [1.29, 1.82) is 0 Å². The van der Waals surface area contributed by atoms with Gasteiger partial charge in [0, 0.05) is 25.4 Å². The number of amides is 2. The van der Waals surface area contributed by atoms with Crippen molar-refractivity contribution < 1.29 is 14.0 Å². The van der Waals surface area contributed by atoms with E-state index in [1.807, 2.05) is 0 Å². The Bertz CT molecular complexity index is 542. The molecule has 3 rings (SSSR count). The highest BCUT2D eigenvalue weighted by atomic mass is 19.1. The Morgan fingerprint density at radius 2 is 2.20 bits per heavy atom. The van der Waals surface area contributed by atoms with Gasteiger partial charge in [-0.25, -0.2) is 4.39 Å². The molecule has 20 heavy (non-hydrogen) atoms. The van der Waals surface area contributed by atoms with E-state index >= 15 is 0 Å². The minimum absolute atomic E-state index is 0.00959. The minimum Gasteiger partial charge on any atom is -0.351 e. The lowest BCUT2D eigenvalue weighted by Gasteiger charge is -2.17. The number of hydrogen-bond acceptors (Lipinski definition) is 2. The van der Waals surface area contributed by atoms with Crippen molar-refractivity contribution in [2.45, 2.75) is 31.8 Å². The highest BCUT2D eigenvalue weighted by molar-refractivity contribution is 5.84. The Morgan fingerprint density at radius 1 is 1.40 bits per heavy atom. The van der Waals surface area contributed by atoms with Gasteiger partial charge in [-0.3, -0.25) is 9.59 Å². The lowest BCUT2D eigenvalue weighted by molar-refractivity contribution is -0.128. The zero-order valence-corrected chi connectivity index (χ0v) is 11.1. The normalized spacial score (nSPS) is 22.1. The van der Waals surface area contributed by atoms with Crippen LogP contribution in [0.4, 0.5) is 4.39 Å². The van der Waals surface area contributed by atoms with E-state index in [1.165, 1.54) is 12.1 Å². The van der Waals surface area contributed by atoms with E-state index in [2.05, 4.69) is 5.32 Å². The lowest BCUT2D eigenvalue weighted by Crippen LogP contribution is -2.37. The van der Waals surface area contributed by atoms with Gasteiger partial charge in [-0.1, -0.05) is 12.1 Å². The summed E-state index contributed by atoms with van der Waals surface area (Å²) in [5, 5.41) is 2.92. The van der Waals surface area contributed by atoms with Crippen molar-refractivity contribution in [3.05, 3.63) is 35.6 Å². The van der Waals surface area contributed by atoms with E-state index in [0.29, 0.717) is 19.5 Å². The first kappa shape index (κ1) is 13.1. The molecule has 0 spiro atoms. The van der Waals surface area contributed by atoms with Crippen LogP contribution < -0.4 is 5.32 Å². The van der Waals surface area contributed by atoms with Crippen molar-refractivity contribution >= 4 is 11.8 Å². The Hall–Kier alpha value is -1.91. The Labute approximate surface area is 117 Å². The third-order valence-electron chi connectivity index (χ3n) is 3.77. The maximum atomic E-state index is 13.1. The van der Waals surface area contributed by atoms with Gasteiger partial charge >= 0.3 is 0 Å². The number of carbonyl (C=O) groups excluding carboxylic acids is 2. The Morgan fingerprint density at radius 3 is 2.90 bits per heavy atom. The van der Waals surface area contributed by atoms with Gasteiger partial charge in [0.05, 0.1) is 6.04 Å². The molecule has 1 atom stereocenters. The lowest BCUT2D eigenvalue weighted by atomic mass is 10.2. The van der Waals surface area contributed by atoms with Gasteiger partial charge in [0.25, 0.3) is 0 Å². The zero-order valence-electron chi connectivity index (χ0n) is 11.1. The summed E-state index contributed by atoms with van der Waals surface area (Å²) in [4.78, 5) is 25.3. The minimum atomic E-state index is -0.298. The Kier molecular flexibility index (Phi) is 3.42. The van der Waals surface area contributed by atoms with E-state index < -0.39 is 0 Å².